The molecule has 62 heavy (non-hydrogen) atoms. The van der Waals surface area contributed by atoms with Crippen molar-refractivity contribution < 1.29 is 38.0 Å². The van der Waals surface area contributed by atoms with E-state index in [-0.39, 0.29) is 64.4 Å². The van der Waals surface area contributed by atoms with Gasteiger partial charge in [-0.25, -0.2) is 0 Å². The lowest BCUT2D eigenvalue weighted by atomic mass is 9.89. The standard InChI is InChI=1S/C52H44N2O8/c1-31-49(51(55)53-43-21-18-36-16-15-34-7-3-8-35-17-19-42(43)47(36)45(34)35)61-29-25-57-24-28-60-32(2)50(62-30-26-58-23-27-59-31)52(56)54-44-22-20-40-38-12-5-10-33-9-4-11-37(46(33)38)39-13-6-14-41(44)48(39)40/h3-22,49-50H,1-2,23-30H2,(H,53,55)(H,54,56). The minimum Gasteiger partial charge on any atom is -0.493 e. The SMILES string of the molecule is C=C1OCCOCCOC(C(=O)Nc2ccc3ccc4cccc5ccc2c3c45)C(=C)OCCOCCOC1C(=O)Nc1ccc2c3cccc4cccc(c5cccc1c52)c43. The molecule has 0 saturated carbocycles. The van der Waals surface area contributed by atoms with Crippen LogP contribution in [0.4, 0.5) is 11.4 Å². The van der Waals surface area contributed by atoms with E-state index in [1.165, 1.54) is 21.5 Å². The molecule has 0 spiro atoms. The van der Waals surface area contributed by atoms with E-state index in [0.29, 0.717) is 11.4 Å². The van der Waals surface area contributed by atoms with Crippen LogP contribution < -0.4 is 10.6 Å². The minimum absolute atomic E-state index is 0.0655. The molecule has 1 aliphatic heterocycles. The second kappa shape index (κ2) is 16.9. The average molecular weight is 825 g/mol. The van der Waals surface area contributed by atoms with Gasteiger partial charge in [-0.05, 0) is 76.8 Å². The van der Waals surface area contributed by atoms with Crippen LogP contribution in [0, 0.1) is 0 Å². The highest BCUT2D eigenvalue weighted by Gasteiger charge is 2.27. The number of carbonyl (C=O) groups excluding carboxylic acids is 2. The fourth-order valence-corrected chi connectivity index (χ4v) is 8.89. The van der Waals surface area contributed by atoms with Crippen LogP contribution in [0.2, 0.25) is 0 Å². The van der Waals surface area contributed by atoms with E-state index < -0.39 is 24.0 Å². The third-order valence-corrected chi connectivity index (χ3v) is 11.7. The Morgan fingerprint density at radius 3 is 1.39 bits per heavy atom. The molecule has 0 radical (unpaired) electrons. The maximum absolute atomic E-state index is 14.0. The highest BCUT2D eigenvalue weighted by Crippen LogP contribution is 2.42. The van der Waals surface area contributed by atoms with Crippen molar-refractivity contribution >= 4 is 98.6 Å². The van der Waals surface area contributed by atoms with Gasteiger partial charge in [0.2, 0.25) is 0 Å². The molecule has 9 aromatic rings. The van der Waals surface area contributed by atoms with Gasteiger partial charge < -0.3 is 39.1 Å². The molecule has 310 valence electrons. The molecule has 0 aromatic heterocycles. The van der Waals surface area contributed by atoms with Crippen molar-refractivity contribution in [2.24, 2.45) is 0 Å². The maximum atomic E-state index is 14.0. The molecule has 1 heterocycles. The second-order valence-electron chi connectivity index (χ2n) is 15.4. The summed E-state index contributed by atoms with van der Waals surface area (Å²) in [6.45, 7) is 9.08. The average Bonchev–Trinajstić information content (AvgIpc) is 3.29. The smallest absolute Gasteiger partial charge is 0.261 e. The van der Waals surface area contributed by atoms with E-state index in [4.69, 9.17) is 28.4 Å². The number of carbonyl (C=O) groups is 2. The number of amides is 2. The Morgan fingerprint density at radius 2 is 0.790 bits per heavy atom. The van der Waals surface area contributed by atoms with Gasteiger partial charge in [0.05, 0.1) is 39.6 Å². The van der Waals surface area contributed by atoms with Crippen LogP contribution in [0.15, 0.2) is 146 Å². The van der Waals surface area contributed by atoms with Crippen LogP contribution in [0.5, 0.6) is 0 Å². The Kier molecular flexibility index (Phi) is 10.7. The summed E-state index contributed by atoms with van der Waals surface area (Å²) in [5.74, 6) is -0.579. The number of rotatable bonds is 4. The Morgan fingerprint density at radius 1 is 0.403 bits per heavy atom. The van der Waals surface area contributed by atoms with Crippen molar-refractivity contribution in [2.75, 3.05) is 63.5 Å². The Labute approximate surface area is 357 Å². The summed E-state index contributed by atoms with van der Waals surface area (Å²) in [5.41, 5.74) is 1.31. The van der Waals surface area contributed by atoms with Crippen molar-refractivity contribution in [3.8, 4) is 0 Å². The molecule has 2 N–H and O–H groups in total. The summed E-state index contributed by atoms with van der Waals surface area (Å²) < 4.78 is 35.5. The van der Waals surface area contributed by atoms with E-state index in [1.807, 2.05) is 42.5 Å². The summed E-state index contributed by atoms with van der Waals surface area (Å²) in [4.78, 5) is 27.9. The summed E-state index contributed by atoms with van der Waals surface area (Å²) >= 11 is 0. The monoisotopic (exact) mass is 824 g/mol. The van der Waals surface area contributed by atoms with Gasteiger partial charge in [0.15, 0.2) is 12.2 Å². The molecule has 2 amide bonds. The minimum atomic E-state index is -1.13. The largest absolute Gasteiger partial charge is 0.493 e. The first kappa shape index (κ1) is 39.3. The molecular weight excluding hydrogens is 781 g/mol. The first-order valence-electron chi connectivity index (χ1n) is 20.8. The fourth-order valence-electron chi connectivity index (χ4n) is 8.89. The summed E-state index contributed by atoms with van der Waals surface area (Å²) in [7, 11) is 0. The lowest BCUT2D eigenvalue weighted by Gasteiger charge is -2.23. The lowest BCUT2D eigenvalue weighted by molar-refractivity contribution is -0.131. The van der Waals surface area contributed by atoms with Crippen molar-refractivity contribution in [1.29, 1.82) is 0 Å². The van der Waals surface area contributed by atoms with Crippen LogP contribution in [0.3, 0.4) is 0 Å². The second-order valence-corrected chi connectivity index (χ2v) is 15.4. The number of hydrogen-bond donors (Lipinski definition) is 2. The number of hydrogen-bond acceptors (Lipinski definition) is 8. The fraction of sp³-hybridized carbons (Fsp3) is 0.192. The van der Waals surface area contributed by atoms with E-state index in [1.54, 1.807) is 0 Å². The Hall–Kier alpha value is -6.82. The van der Waals surface area contributed by atoms with E-state index in [2.05, 4.69) is 103 Å². The molecule has 2 unspecified atom stereocenters. The zero-order valence-corrected chi connectivity index (χ0v) is 34.0. The molecular formula is C52H44N2O8. The van der Waals surface area contributed by atoms with Gasteiger partial charge in [-0.1, -0.05) is 122 Å². The Balaban J connectivity index is 0.805. The van der Waals surface area contributed by atoms with Crippen LogP contribution in [-0.4, -0.2) is 76.9 Å². The maximum Gasteiger partial charge on any atom is 0.261 e. The van der Waals surface area contributed by atoms with Gasteiger partial charge in [0.25, 0.3) is 11.8 Å². The van der Waals surface area contributed by atoms with E-state index in [9.17, 15) is 9.59 Å². The summed E-state index contributed by atoms with van der Waals surface area (Å²) in [6, 6.07) is 41.4. The third-order valence-electron chi connectivity index (χ3n) is 11.7. The van der Waals surface area contributed by atoms with E-state index >= 15 is 0 Å². The first-order chi connectivity index (χ1) is 30.4. The normalized spacial score (nSPS) is 18.0. The molecule has 9 aromatic carbocycles. The molecule has 0 aliphatic carbocycles. The number of ether oxygens (including phenoxy) is 6. The summed E-state index contributed by atoms with van der Waals surface area (Å²) in [5, 5.41) is 21.7. The topological polar surface area (TPSA) is 114 Å². The third kappa shape index (κ3) is 7.26. The van der Waals surface area contributed by atoms with Crippen LogP contribution in [0.1, 0.15) is 0 Å². The lowest BCUT2D eigenvalue weighted by Crippen LogP contribution is -2.35. The quantitative estimate of drug-likeness (QED) is 0.133. The molecule has 1 fully saturated rings. The predicted octanol–water partition coefficient (Wildman–Crippen LogP) is 10.1. The zero-order valence-electron chi connectivity index (χ0n) is 34.0. The van der Waals surface area contributed by atoms with Crippen molar-refractivity contribution in [3.63, 3.8) is 0 Å². The van der Waals surface area contributed by atoms with Gasteiger partial charge in [-0.15, -0.1) is 0 Å². The molecule has 10 rings (SSSR count). The number of benzene rings is 9. The number of anilines is 2. The van der Waals surface area contributed by atoms with Gasteiger partial charge in [0, 0.05) is 22.1 Å². The van der Waals surface area contributed by atoms with Gasteiger partial charge in [-0.3, -0.25) is 9.59 Å². The molecule has 0 bridgehead atoms. The molecule has 1 aliphatic rings. The van der Waals surface area contributed by atoms with E-state index in [0.717, 1.165) is 53.9 Å². The van der Waals surface area contributed by atoms with Crippen molar-refractivity contribution in [3.05, 3.63) is 146 Å². The van der Waals surface area contributed by atoms with Crippen LogP contribution in [0.25, 0.3) is 75.4 Å². The van der Waals surface area contributed by atoms with Gasteiger partial charge in [-0.2, -0.15) is 0 Å². The number of fused-ring (bicyclic) bond motifs is 2. The summed E-state index contributed by atoms with van der Waals surface area (Å²) in [6.07, 6.45) is -2.26. The molecule has 10 heteroatoms. The van der Waals surface area contributed by atoms with Crippen LogP contribution >= 0.6 is 0 Å². The number of nitrogens with one attached hydrogen (secondary N) is 2. The molecule has 2 atom stereocenters. The highest BCUT2D eigenvalue weighted by molar-refractivity contribution is 6.34. The van der Waals surface area contributed by atoms with Crippen molar-refractivity contribution in [2.45, 2.75) is 12.2 Å². The predicted molar refractivity (Wildman–Crippen MR) is 246 cm³/mol. The zero-order chi connectivity index (χ0) is 42.2. The van der Waals surface area contributed by atoms with Gasteiger partial charge in [0.1, 0.15) is 24.7 Å². The molecule has 1 saturated heterocycles. The van der Waals surface area contributed by atoms with Crippen molar-refractivity contribution in [1.82, 2.24) is 0 Å². The highest BCUT2D eigenvalue weighted by atomic mass is 16.6. The Bertz CT molecular complexity index is 3090. The molecule has 10 nitrogen and oxygen atoms in total. The van der Waals surface area contributed by atoms with Gasteiger partial charge >= 0.3 is 0 Å². The first-order valence-corrected chi connectivity index (χ1v) is 20.8. The van der Waals surface area contributed by atoms with Crippen LogP contribution in [-0.2, 0) is 38.0 Å².